The van der Waals surface area contributed by atoms with Gasteiger partial charge in [-0.2, -0.15) is 0 Å². The Morgan fingerprint density at radius 2 is 1.42 bits per heavy atom. The SMILES string of the molecule is O[Si](O)(O)O.[Li][CH2]CCCCC. The molecule has 0 rings (SSSR count). The van der Waals surface area contributed by atoms with E-state index in [-0.39, 0.29) is 0 Å². The molecule has 4 N–H and O–H groups in total. The van der Waals surface area contributed by atoms with Gasteiger partial charge in [-0.25, -0.2) is 0 Å². The second-order valence-electron chi connectivity index (χ2n) is 2.66. The van der Waals surface area contributed by atoms with Gasteiger partial charge in [-0.3, -0.25) is 0 Å². The number of hydrogen-bond acceptors (Lipinski definition) is 4. The second-order valence-corrected chi connectivity index (χ2v) is 3.86. The van der Waals surface area contributed by atoms with Gasteiger partial charge in [0.25, 0.3) is 0 Å². The van der Waals surface area contributed by atoms with E-state index >= 15 is 0 Å². The Kier molecular flexibility index (Phi) is 12.3. The molecule has 0 aliphatic carbocycles. The van der Waals surface area contributed by atoms with Crippen molar-refractivity contribution < 1.29 is 19.2 Å². The summed E-state index contributed by atoms with van der Waals surface area (Å²) in [5.74, 6) is 0. The molecule has 0 fully saturated rings. The van der Waals surface area contributed by atoms with Gasteiger partial charge in [0, 0.05) is 0 Å². The van der Waals surface area contributed by atoms with E-state index in [1.54, 1.807) is 0 Å². The molecule has 12 heavy (non-hydrogen) atoms. The van der Waals surface area contributed by atoms with Crippen LogP contribution < -0.4 is 0 Å². The molecule has 6 heteroatoms. The molecular weight excluding hydrogens is 171 g/mol. The first-order chi connectivity index (χ1) is 5.41. The molecule has 0 aliphatic rings. The Labute approximate surface area is 83.9 Å². The Bertz CT molecular complexity index is 76.1. The minimum absolute atomic E-state index is 1.36. The van der Waals surface area contributed by atoms with E-state index in [1.165, 1.54) is 30.8 Å². The fourth-order valence-corrected chi connectivity index (χ4v) is 0.677. The first-order valence-corrected chi connectivity index (χ1v) is 6.10. The van der Waals surface area contributed by atoms with Crippen molar-refractivity contribution >= 4 is 26.8 Å². The molecule has 0 atom stereocenters. The van der Waals surface area contributed by atoms with Gasteiger partial charge >= 0.3 is 64.5 Å². The average Bonchev–Trinajstić information content (AvgIpc) is 1.85. The van der Waals surface area contributed by atoms with Gasteiger partial charge in [0.1, 0.15) is 0 Å². The van der Waals surface area contributed by atoms with Gasteiger partial charge < -0.3 is 19.2 Å². The molecule has 0 aromatic heterocycles. The molecule has 0 aromatic rings. The normalized spacial score (nSPS) is 10.6. The number of rotatable bonds is 4. The molecular formula is C6H17LiO4Si. The van der Waals surface area contributed by atoms with Crippen molar-refractivity contribution in [2.45, 2.75) is 37.7 Å². The predicted molar refractivity (Wildman–Crippen MR) is 49.3 cm³/mol. The van der Waals surface area contributed by atoms with Gasteiger partial charge in [0.05, 0.1) is 0 Å². The summed E-state index contributed by atoms with van der Waals surface area (Å²) >= 11 is 2.25. The van der Waals surface area contributed by atoms with Crippen LogP contribution in [0.1, 0.15) is 32.6 Å². The van der Waals surface area contributed by atoms with E-state index in [0.29, 0.717) is 0 Å². The van der Waals surface area contributed by atoms with Crippen LogP contribution in [0.5, 0.6) is 0 Å². The zero-order chi connectivity index (χ0) is 10.0. The molecule has 4 nitrogen and oxygen atoms in total. The van der Waals surface area contributed by atoms with E-state index < -0.39 is 9.05 Å². The summed E-state index contributed by atoms with van der Waals surface area (Å²) in [5, 5.41) is 1.36. The van der Waals surface area contributed by atoms with Crippen molar-refractivity contribution in [1.29, 1.82) is 0 Å². The molecule has 0 amide bonds. The fourth-order valence-electron chi connectivity index (χ4n) is 0.677. The van der Waals surface area contributed by atoms with Crippen molar-refractivity contribution in [3.05, 3.63) is 0 Å². The van der Waals surface area contributed by atoms with Crippen molar-refractivity contribution in [3.8, 4) is 0 Å². The van der Waals surface area contributed by atoms with Gasteiger partial charge in [-0.05, 0) is 0 Å². The van der Waals surface area contributed by atoms with Crippen LogP contribution in [-0.2, 0) is 0 Å². The van der Waals surface area contributed by atoms with Gasteiger partial charge in [-0.15, -0.1) is 0 Å². The van der Waals surface area contributed by atoms with Crippen molar-refractivity contribution in [2.24, 2.45) is 0 Å². The molecule has 0 saturated carbocycles. The maximum atomic E-state index is 7.33. The Morgan fingerprint density at radius 3 is 1.67 bits per heavy atom. The van der Waals surface area contributed by atoms with Crippen LogP contribution in [0, 0.1) is 0 Å². The summed E-state index contributed by atoms with van der Waals surface area (Å²) < 4.78 is 0. The monoisotopic (exact) mass is 188 g/mol. The summed E-state index contributed by atoms with van der Waals surface area (Å²) in [4.78, 5) is 29.3. The van der Waals surface area contributed by atoms with Crippen LogP contribution in [-0.4, -0.2) is 45.9 Å². The van der Waals surface area contributed by atoms with Crippen LogP contribution in [0.15, 0.2) is 0 Å². The summed E-state index contributed by atoms with van der Waals surface area (Å²) in [7, 11) is -4.61. The van der Waals surface area contributed by atoms with Crippen molar-refractivity contribution in [2.75, 3.05) is 0 Å². The predicted octanol–water partition coefficient (Wildman–Crippen LogP) is -0.455. The molecule has 0 saturated heterocycles. The van der Waals surface area contributed by atoms with E-state index in [1.807, 2.05) is 0 Å². The summed E-state index contributed by atoms with van der Waals surface area (Å²) in [6.07, 6.45) is 5.65. The minimum atomic E-state index is -4.61. The fraction of sp³-hybridized carbons (Fsp3) is 1.00. The maximum absolute atomic E-state index is 7.33. The molecule has 0 radical (unpaired) electrons. The summed E-state index contributed by atoms with van der Waals surface area (Å²) in [6.45, 7) is 2.25. The van der Waals surface area contributed by atoms with E-state index in [2.05, 4.69) is 24.6 Å². The molecule has 0 heterocycles. The standard InChI is InChI=1S/C6H13.Li.H4O4Si/c1-3-5-6-4-2;;1-5(2,3)4/h1,3-6H2,2H3;;1-4H. The van der Waals surface area contributed by atoms with E-state index in [9.17, 15) is 0 Å². The third kappa shape index (κ3) is 45.8. The second kappa shape index (κ2) is 9.74. The van der Waals surface area contributed by atoms with Crippen LogP contribution in [0.25, 0.3) is 0 Å². The third-order valence-corrected chi connectivity index (χ3v) is 1.21. The first kappa shape index (κ1) is 15.1. The molecule has 0 spiro atoms. The van der Waals surface area contributed by atoms with E-state index in [0.717, 1.165) is 0 Å². The Morgan fingerprint density at radius 1 is 1.00 bits per heavy atom. The van der Waals surface area contributed by atoms with Crippen LogP contribution >= 0.6 is 0 Å². The van der Waals surface area contributed by atoms with Gasteiger partial charge in [0.2, 0.25) is 0 Å². The molecule has 0 bridgehead atoms. The Balaban J connectivity index is 0. The van der Waals surface area contributed by atoms with E-state index in [4.69, 9.17) is 19.2 Å². The zero-order valence-electron chi connectivity index (χ0n) is 7.82. The molecule has 0 aromatic carbocycles. The first-order valence-electron chi connectivity index (χ1n) is 4.31. The molecule has 70 valence electrons. The van der Waals surface area contributed by atoms with Gasteiger partial charge in [0.15, 0.2) is 0 Å². The van der Waals surface area contributed by atoms with Crippen molar-refractivity contribution in [1.82, 2.24) is 0 Å². The van der Waals surface area contributed by atoms with Crippen LogP contribution in [0.4, 0.5) is 0 Å². The average molecular weight is 188 g/mol. The quantitative estimate of drug-likeness (QED) is 0.355. The molecule has 0 unspecified atom stereocenters. The van der Waals surface area contributed by atoms with Gasteiger partial charge in [-0.1, -0.05) is 0 Å². The van der Waals surface area contributed by atoms with Crippen LogP contribution in [0.2, 0.25) is 5.09 Å². The van der Waals surface area contributed by atoms with Crippen LogP contribution in [0.3, 0.4) is 0 Å². The molecule has 0 aliphatic heterocycles. The van der Waals surface area contributed by atoms with Crippen molar-refractivity contribution in [3.63, 3.8) is 0 Å². The summed E-state index contributed by atoms with van der Waals surface area (Å²) in [6, 6.07) is 0. The Hall–Kier alpha value is 0.654. The summed E-state index contributed by atoms with van der Waals surface area (Å²) in [5.41, 5.74) is 0. The number of unbranched alkanes of at least 4 members (excludes halogenated alkanes) is 3. The zero-order valence-corrected chi connectivity index (χ0v) is 8.82. The topological polar surface area (TPSA) is 80.9 Å². The number of hydrogen-bond donors (Lipinski definition) is 4. The third-order valence-electron chi connectivity index (χ3n) is 1.21.